The van der Waals surface area contributed by atoms with E-state index in [1.807, 2.05) is 18.2 Å². The molecule has 1 aliphatic heterocycles. The van der Waals surface area contributed by atoms with E-state index in [0.717, 1.165) is 0 Å². The number of nitrogens with one attached hydrogen (secondary N) is 1. The van der Waals surface area contributed by atoms with Crippen LogP contribution < -0.4 is 5.32 Å². The van der Waals surface area contributed by atoms with E-state index in [1.165, 1.54) is 11.1 Å². The molecule has 0 fully saturated rings. The van der Waals surface area contributed by atoms with Gasteiger partial charge in [-0.15, -0.1) is 0 Å². The van der Waals surface area contributed by atoms with Crippen LogP contribution in [0.5, 0.6) is 0 Å². The van der Waals surface area contributed by atoms with Crippen molar-refractivity contribution in [3.05, 3.63) is 35.4 Å². The van der Waals surface area contributed by atoms with Gasteiger partial charge < -0.3 is 15.2 Å². The number of ether oxygens (including phenoxy) is 1. The third-order valence-corrected chi connectivity index (χ3v) is 2.70. The van der Waals surface area contributed by atoms with Gasteiger partial charge in [0.05, 0.1) is 25.7 Å². The summed E-state index contributed by atoms with van der Waals surface area (Å²) in [5.74, 6) is -0.780. The maximum Gasteiger partial charge on any atom is 0.304 e. The third kappa shape index (κ3) is 2.59. The van der Waals surface area contributed by atoms with Gasteiger partial charge in [0.1, 0.15) is 0 Å². The summed E-state index contributed by atoms with van der Waals surface area (Å²) in [6.45, 7) is 1.72. The Hall–Kier alpha value is -1.39. The summed E-state index contributed by atoms with van der Waals surface area (Å²) in [6.07, 6.45) is 0.138. The average molecular weight is 221 g/mol. The van der Waals surface area contributed by atoms with Crippen molar-refractivity contribution in [3.8, 4) is 0 Å². The Balaban J connectivity index is 1.99. The monoisotopic (exact) mass is 221 g/mol. The molecule has 0 amide bonds. The summed E-state index contributed by atoms with van der Waals surface area (Å²) < 4.78 is 5.46. The molecule has 16 heavy (non-hydrogen) atoms. The molecule has 0 bridgehead atoms. The van der Waals surface area contributed by atoms with Crippen LogP contribution in [-0.2, 0) is 16.1 Å². The highest BCUT2D eigenvalue weighted by Gasteiger charge is 2.19. The van der Waals surface area contributed by atoms with Gasteiger partial charge in [-0.25, -0.2) is 0 Å². The standard InChI is InChI=1S/C12H15NO3/c14-12(15)5-6-13-11-8-16-7-9-3-1-2-4-10(9)11/h1-4,11,13H,5-8H2,(H,14,15). The van der Waals surface area contributed by atoms with Crippen molar-refractivity contribution < 1.29 is 14.6 Å². The van der Waals surface area contributed by atoms with Crippen LogP contribution in [0, 0.1) is 0 Å². The summed E-state index contributed by atoms with van der Waals surface area (Å²) in [6, 6.07) is 8.21. The number of fused-ring (bicyclic) bond motifs is 1. The van der Waals surface area contributed by atoms with E-state index in [1.54, 1.807) is 0 Å². The van der Waals surface area contributed by atoms with Crippen molar-refractivity contribution in [3.63, 3.8) is 0 Å². The maximum atomic E-state index is 10.4. The van der Waals surface area contributed by atoms with Gasteiger partial charge in [-0.05, 0) is 11.1 Å². The minimum Gasteiger partial charge on any atom is -0.481 e. The van der Waals surface area contributed by atoms with E-state index in [-0.39, 0.29) is 12.5 Å². The topological polar surface area (TPSA) is 58.6 Å². The van der Waals surface area contributed by atoms with Gasteiger partial charge in [-0.1, -0.05) is 24.3 Å². The summed E-state index contributed by atoms with van der Waals surface area (Å²) in [4.78, 5) is 10.4. The second-order valence-corrected chi connectivity index (χ2v) is 3.86. The molecule has 2 N–H and O–H groups in total. The Kier molecular flexibility index (Phi) is 3.54. The Morgan fingerprint density at radius 3 is 3.12 bits per heavy atom. The largest absolute Gasteiger partial charge is 0.481 e. The molecule has 0 saturated heterocycles. The first kappa shape index (κ1) is 11.1. The quantitative estimate of drug-likeness (QED) is 0.805. The van der Waals surface area contributed by atoms with Crippen LogP contribution in [-0.4, -0.2) is 24.2 Å². The molecule has 1 heterocycles. The summed E-state index contributed by atoms with van der Waals surface area (Å²) in [5, 5.41) is 11.8. The van der Waals surface area contributed by atoms with Crippen molar-refractivity contribution in [1.29, 1.82) is 0 Å². The van der Waals surface area contributed by atoms with Gasteiger partial charge in [0.25, 0.3) is 0 Å². The molecule has 86 valence electrons. The van der Waals surface area contributed by atoms with E-state index in [2.05, 4.69) is 11.4 Å². The van der Waals surface area contributed by atoms with Gasteiger partial charge in [-0.2, -0.15) is 0 Å². The number of carbonyl (C=O) groups is 1. The van der Waals surface area contributed by atoms with Crippen LogP contribution in [0.15, 0.2) is 24.3 Å². The third-order valence-electron chi connectivity index (χ3n) is 2.70. The summed E-state index contributed by atoms with van der Waals surface area (Å²) in [7, 11) is 0. The highest BCUT2D eigenvalue weighted by atomic mass is 16.5. The first-order valence-electron chi connectivity index (χ1n) is 5.38. The average Bonchev–Trinajstić information content (AvgIpc) is 2.29. The first-order valence-corrected chi connectivity index (χ1v) is 5.38. The number of benzene rings is 1. The smallest absolute Gasteiger partial charge is 0.304 e. The Morgan fingerprint density at radius 2 is 2.31 bits per heavy atom. The molecule has 0 aliphatic carbocycles. The highest BCUT2D eigenvalue weighted by Crippen LogP contribution is 2.24. The van der Waals surface area contributed by atoms with Crippen LogP contribution >= 0.6 is 0 Å². The SMILES string of the molecule is O=C(O)CCNC1COCc2ccccc21. The lowest BCUT2D eigenvalue weighted by atomic mass is 9.99. The molecular formula is C12H15NO3. The molecule has 1 aromatic rings. The van der Waals surface area contributed by atoms with Gasteiger partial charge in [0.2, 0.25) is 0 Å². The van der Waals surface area contributed by atoms with Crippen LogP contribution in [0.1, 0.15) is 23.6 Å². The molecule has 1 aliphatic rings. The van der Waals surface area contributed by atoms with E-state index in [9.17, 15) is 4.79 Å². The molecule has 0 spiro atoms. The zero-order valence-corrected chi connectivity index (χ0v) is 8.98. The number of aliphatic carboxylic acids is 1. The lowest BCUT2D eigenvalue weighted by Gasteiger charge is -2.26. The zero-order valence-electron chi connectivity index (χ0n) is 8.98. The van der Waals surface area contributed by atoms with Gasteiger partial charge >= 0.3 is 5.97 Å². The molecule has 1 unspecified atom stereocenters. The Labute approximate surface area is 94.2 Å². The fourth-order valence-electron chi connectivity index (χ4n) is 1.90. The summed E-state index contributed by atoms with van der Waals surface area (Å²) >= 11 is 0. The van der Waals surface area contributed by atoms with E-state index in [4.69, 9.17) is 9.84 Å². The fraction of sp³-hybridized carbons (Fsp3) is 0.417. The Bertz CT molecular complexity index is 378. The molecule has 0 radical (unpaired) electrons. The molecule has 1 atom stereocenters. The lowest BCUT2D eigenvalue weighted by molar-refractivity contribution is -0.136. The first-order chi connectivity index (χ1) is 7.77. The maximum absolute atomic E-state index is 10.4. The number of hydrogen-bond acceptors (Lipinski definition) is 3. The van der Waals surface area contributed by atoms with Crippen molar-refractivity contribution in [1.82, 2.24) is 5.32 Å². The number of hydrogen-bond donors (Lipinski definition) is 2. The molecule has 2 rings (SSSR count). The van der Waals surface area contributed by atoms with Crippen LogP contribution in [0.2, 0.25) is 0 Å². The van der Waals surface area contributed by atoms with E-state index in [0.29, 0.717) is 19.8 Å². The zero-order chi connectivity index (χ0) is 11.4. The number of rotatable bonds is 4. The minimum absolute atomic E-state index is 0.115. The normalized spacial score (nSPS) is 19.1. The van der Waals surface area contributed by atoms with Crippen molar-refractivity contribution in [2.24, 2.45) is 0 Å². The minimum atomic E-state index is -0.780. The van der Waals surface area contributed by atoms with Gasteiger partial charge in [-0.3, -0.25) is 4.79 Å². The van der Waals surface area contributed by atoms with Crippen molar-refractivity contribution >= 4 is 5.97 Å². The predicted octanol–water partition coefficient (Wildman–Crippen LogP) is 1.32. The van der Waals surface area contributed by atoms with Crippen LogP contribution in [0.25, 0.3) is 0 Å². The van der Waals surface area contributed by atoms with Crippen molar-refractivity contribution in [2.45, 2.75) is 19.1 Å². The number of carboxylic acids is 1. The predicted molar refractivity (Wildman–Crippen MR) is 59.1 cm³/mol. The van der Waals surface area contributed by atoms with Gasteiger partial charge in [0.15, 0.2) is 0 Å². The molecule has 1 aromatic carbocycles. The molecule has 4 heteroatoms. The fourth-order valence-corrected chi connectivity index (χ4v) is 1.90. The van der Waals surface area contributed by atoms with Crippen LogP contribution in [0.4, 0.5) is 0 Å². The summed E-state index contributed by atoms with van der Waals surface area (Å²) in [5.41, 5.74) is 2.40. The van der Waals surface area contributed by atoms with Crippen LogP contribution in [0.3, 0.4) is 0 Å². The highest BCUT2D eigenvalue weighted by molar-refractivity contribution is 5.66. The second-order valence-electron chi connectivity index (χ2n) is 3.86. The molecule has 0 aromatic heterocycles. The molecular weight excluding hydrogens is 206 g/mol. The molecule has 4 nitrogen and oxygen atoms in total. The lowest BCUT2D eigenvalue weighted by Crippen LogP contribution is -2.31. The van der Waals surface area contributed by atoms with Gasteiger partial charge in [0, 0.05) is 6.54 Å². The van der Waals surface area contributed by atoms with E-state index < -0.39 is 5.97 Å². The number of carboxylic acid groups (broad SMARTS) is 1. The van der Waals surface area contributed by atoms with Crippen molar-refractivity contribution in [2.75, 3.05) is 13.2 Å². The van der Waals surface area contributed by atoms with E-state index >= 15 is 0 Å². The Morgan fingerprint density at radius 1 is 1.50 bits per heavy atom. The molecule has 0 saturated carbocycles. The second kappa shape index (κ2) is 5.09.